The van der Waals surface area contributed by atoms with Gasteiger partial charge in [-0.05, 0) is 38.0 Å². The Labute approximate surface area is 140 Å². The van der Waals surface area contributed by atoms with E-state index in [2.05, 4.69) is 17.1 Å². The molecule has 2 aliphatic rings. The molecule has 0 amide bonds. The molecule has 1 saturated heterocycles. The van der Waals surface area contributed by atoms with Crippen LogP contribution in [0.5, 0.6) is 0 Å². The van der Waals surface area contributed by atoms with E-state index in [0.717, 1.165) is 43.9 Å². The van der Waals surface area contributed by atoms with E-state index in [1.165, 1.54) is 38.8 Å². The van der Waals surface area contributed by atoms with E-state index in [-0.39, 0.29) is 24.0 Å². The van der Waals surface area contributed by atoms with Crippen LogP contribution < -0.4 is 5.32 Å². The molecule has 0 bridgehead atoms. The van der Waals surface area contributed by atoms with Gasteiger partial charge in [-0.2, -0.15) is 0 Å². The minimum atomic E-state index is 0. The first-order valence-corrected chi connectivity index (χ1v) is 7.87. The third-order valence-electron chi connectivity index (χ3n) is 4.38. The van der Waals surface area contributed by atoms with Crippen LogP contribution in [-0.4, -0.2) is 50.8 Å². The quantitative estimate of drug-likeness (QED) is 0.337. The van der Waals surface area contributed by atoms with Crippen LogP contribution >= 0.6 is 24.0 Å². The third-order valence-corrected chi connectivity index (χ3v) is 4.38. The number of rotatable bonds is 5. The molecule has 0 spiro atoms. The number of nitrogens with zero attached hydrogens (tertiary/aromatic N) is 2. The molecule has 20 heavy (non-hydrogen) atoms. The summed E-state index contributed by atoms with van der Waals surface area (Å²) in [7, 11) is 1.75. The highest BCUT2D eigenvalue weighted by Gasteiger charge is 2.35. The molecule has 2 fully saturated rings. The van der Waals surface area contributed by atoms with Gasteiger partial charge in [0.2, 0.25) is 0 Å². The van der Waals surface area contributed by atoms with Crippen LogP contribution in [0.1, 0.15) is 39.0 Å². The van der Waals surface area contributed by atoms with Crippen LogP contribution in [0.25, 0.3) is 0 Å². The Hall–Kier alpha value is -0.0400. The maximum atomic E-state index is 5.08. The molecular formula is C15H30IN3O. The first-order valence-electron chi connectivity index (χ1n) is 7.87. The molecule has 1 saturated carbocycles. The lowest BCUT2D eigenvalue weighted by molar-refractivity contribution is 0.197. The van der Waals surface area contributed by atoms with E-state index in [9.17, 15) is 0 Å². The molecule has 0 aromatic rings. The fourth-order valence-corrected chi connectivity index (χ4v) is 3.40. The van der Waals surface area contributed by atoms with Crippen molar-refractivity contribution in [3.8, 4) is 0 Å². The third kappa shape index (κ3) is 5.06. The summed E-state index contributed by atoms with van der Waals surface area (Å²) in [6.45, 7) is 7.18. The first kappa shape index (κ1) is 18.0. The summed E-state index contributed by atoms with van der Waals surface area (Å²) in [5.74, 6) is 2.95. The molecule has 2 atom stereocenters. The van der Waals surface area contributed by atoms with Gasteiger partial charge in [-0.1, -0.05) is 12.8 Å². The van der Waals surface area contributed by atoms with Crippen molar-refractivity contribution in [2.24, 2.45) is 16.8 Å². The van der Waals surface area contributed by atoms with Gasteiger partial charge in [0.1, 0.15) is 0 Å². The second kappa shape index (κ2) is 9.82. The zero-order valence-corrected chi connectivity index (χ0v) is 15.3. The van der Waals surface area contributed by atoms with Gasteiger partial charge in [0.05, 0.1) is 0 Å². The van der Waals surface area contributed by atoms with Crippen LogP contribution in [0, 0.1) is 11.8 Å². The standard InChI is InChI=1S/C15H29N3O.HI/c1-3-16-15(17-9-6-10-19-2)18-11-13-7-4-5-8-14(13)12-18;/h13-14H,3-12H2,1-2H3,(H,16,17);1H. The number of nitrogens with one attached hydrogen (secondary N) is 1. The topological polar surface area (TPSA) is 36.9 Å². The lowest BCUT2D eigenvalue weighted by Gasteiger charge is -2.22. The number of methoxy groups -OCH3 is 1. The predicted octanol–water partition coefficient (Wildman–Crippen LogP) is 2.73. The lowest BCUT2D eigenvalue weighted by Crippen LogP contribution is -2.40. The molecule has 0 aromatic heterocycles. The summed E-state index contributed by atoms with van der Waals surface area (Å²) in [6.07, 6.45) is 6.70. The first-order chi connectivity index (χ1) is 9.35. The summed E-state index contributed by atoms with van der Waals surface area (Å²) in [5.41, 5.74) is 0. The van der Waals surface area contributed by atoms with Gasteiger partial charge in [0.25, 0.3) is 0 Å². The average molecular weight is 395 g/mol. The molecular weight excluding hydrogens is 365 g/mol. The normalized spacial score (nSPS) is 26.1. The zero-order chi connectivity index (χ0) is 13.5. The van der Waals surface area contributed by atoms with E-state index < -0.39 is 0 Å². The smallest absolute Gasteiger partial charge is 0.193 e. The molecule has 1 heterocycles. The molecule has 0 radical (unpaired) electrons. The van der Waals surface area contributed by atoms with Gasteiger partial charge < -0.3 is 15.0 Å². The van der Waals surface area contributed by atoms with E-state index in [1.807, 2.05) is 0 Å². The maximum absolute atomic E-state index is 5.08. The van der Waals surface area contributed by atoms with Crippen molar-refractivity contribution < 1.29 is 4.74 Å². The Morgan fingerprint density at radius 2 is 1.90 bits per heavy atom. The Balaban J connectivity index is 0.00000200. The van der Waals surface area contributed by atoms with Crippen LogP contribution in [0.4, 0.5) is 0 Å². The van der Waals surface area contributed by atoms with Gasteiger partial charge in [-0.3, -0.25) is 4.99 Å². The minimum Gasteiger partial charge on any atom is -0.385 e. The number of hydrogen-bond acceptors (Lipinski definition) is 2. The number of ether oxygens (including phenoxy) is 1. The Bertz CT molecular complexity index is 285. The Morgan fingerprint density at radius 3 is 2.45 bits per heavy atom. The monoisotopic (exact) mass is 395 g/mol. The van der Waals surface area contributed by atoms with Crippen molar-refractivity contribution in [1.29, 1.82) is 0 Å². The van der Waals surface area contributed by atoms with Gasteiger partial charge in [-0.25, -0.2) is 0 Å². The highest BCUT2D eigenvalue weighted by molar-refractivity contribution is 14.0. The Morgan fingerprint density at radius 1 is 1.25 bits per heavy atom. The van der Waals surface area contributed by atoms with Gasteiger partial charge in [0.15, 0.2) is 5.96 Å². The second-order valence-electron chi connectivity index (χ2n) is 5.79. The van der Waals surface area contributed by atoms with Crippen LogP contribution in [0.3, 0.4) is 0 Å². The molecule has 1 N–H and O–H groups in total. The highest BCUT2D eigenvalue weighted by atomic mass is 127. The van der Waals surface area contributed by atoms with Crippen molar-refractivity contribution in [1.82, 2.24) is 10.2 Å². The van der Waals surface area contributed by atoms with Crippen molar-refractivity contribution in [3.05, 3.63) is 0 Å². The van der Waals surface area contributed by atoms with E-state index in [0.29, 0.717) is 0 Å². The molecule has 4 nitrogen and oxygen atoms in total. The van der Waals surface area contributed by atoms with Crippen molar-refractivity contribution in [3.63, 3.8) is 0 Å². The number of guanidine groups is 1. The number of halogens is 1. The lowest BCUT2D eigenvalue weighted by atomic mass is 9.82. The van der Waals surface area contributed by atoms with Gasteiger partial charge in [-0.15, -0.1) is 24.0 Å². The van der Waals surface area contributed by atoms with Crippen molar-refractivity contribution in [2.45, 2.75) is 39.0 Å². The van der Waals surface area contributed by atoms with E-state index in [4.69, 9.17) is 9.73 Å². The number of aliphatic imine (C=N–C) groups is 1. The number of likely N-dealkylation sites (tertiary alicyclic amines) is 1. The molecule has 1 aliphatic carbocycles. The van der Waals surface area contributed by atoms with Gasteiger partial charge in [0, 0.05) is 39.9 Å². The van der Waals surface area contributed by atoms with Crippen molar-refractivity contribution >= 4 is 29.9 Å². The van der Waals surface area contributed by atoms with E-state index in [1.54, 1.807) is 7.11 Å². The summed E-state index contributed by atoms with van der Waals surface area (Å²) >= 11 is 0. The Kier molecular flexibility index (Phi) is 8.84. The molecule has 1 aliphatic heterocycles. The van der Waals surface area contributed by atoms with Gasteiger partial charge >= 0.3 is 0 Å². The molecule has 2 unspecified atom stereocenters. The second-order valence-corrected chi connectivity index (χ2v) is 5.79. The minimum absolute atomic E-state index is 0. The van der Waals surface area contributed by atoms with Crippen LogP contribution in [-0.2, 0) is 4.74 Å². The number of fused-ring (bicyclic) bond motifs is 1. The fraction of sp³-hybridized carbons (Fsp3) is 0.933. The summed E-state index contributed by atoms with van der Waals surface area (Å²) in [5, 5.41) is 3.45. The molecule has 118 valence electrons. The highest BCUT2D eigenvalue weighted by Crippen LogP contribution is 2.35. The van der Waals surface area contributed by atoms with Crippen molar-refractivity contribution in [2.75, 3.05) is 39.9 Å². The number of hydrogen-bond donors (Lipinski definition) is 1. The fourth-order valence-electron chi connectivity index (χ4n) is 3.40. The maximum Gasteiger partial charge on any atom is 0.193 e. The summed E-state index contributed by atoms with van der Waals surface area (Å²) < 4.78 is 5.08. The predicted molar refractivity (Wildman–Crippen MR) is 94.9 cm³/mol. The summed E-state index contributed by atoms with van der Waals surface area (Å²) in [6, 6.07) is 0. The van der Waals surface area contributed by atoms with Crippen LogP contribution in [0.15, 0.2) is 4.99 Å². The summed E-state index contributed by atoms with van der Waals surface area (Å²) in [4.78, 5) is 7.23. The van der Waals surface area contributed by atoms with E-state index >= 15 is 0 Å². The largest absolute Gasteiger partial charge is 0.385 e. The average Bonchev–Trinajstić information content (AvgIpc) is 2.86. The molecule has 0 aromatic carbocycles. The molecule has 5 heteroatoms. The van der Waals surface area contributed by atoms with Crippen LogP contribution in [0.2, 0.25) is 0 Å². The SMILES string of the molecule is CCNC(=NCCCOC)N1CC2CCCCC2C1.I. The zero-order valence-electron chi connectivity index (χ0n) is 12.9. The molecule has 2 rings (SSSR count).